The molecule has 0 bridgehead atoms. The van der Waals surface area contributed by atoms with Crippen LogP contribution in [-0.2, 0) is 4.79 Å². The Hall–Kier alpha value is -0.610. The lowest BCUT2D eigenvalue weighted by atomic mass is 10.1. The van der Waals surface area contributed by atoms with Gasteiger partial charge in [0.15, 0.2) is 0 Å². The lowest BCUT2D eigenvalue weighted by molar-refractivity contribution is -0.121. The average Bonchev–Trinajstić information content (AvgIpc) is 2.34. The number of amides is 1. The Balaban J connectivity index is 2.19. The molecule has 0 aromatic heterocycles. The lowest BCUT2D eigenvalue weighted by Gasteiger charge is -2.33. The van der Waals surface area contributed by atoms with E-state index >= 15 is 0 Å². The maximum Gasteiger partial charge on any atom is 0.221 e. The summed E-state index contributed by atoms with van der Waals surface area (Å²) >= 11 is 0. The predicted molar refractivity (Wildman–Crippen MR) is 66.4 cm³/mol. The van der Waals surface area contributed by atoms with Gasteiger partial charge in [0.2, 0.25) is 5.91 Å². The van der Waals surface area contributed by atoms with Gasteiger partial charge in [0.25, 0.3) is 0 Å². The fourth-order valence-corrected chi connectivity index (χ4v) is 2.16. The summed E-state index contributed by atoms with van der Waals surface area (Å²) in [6, 6.07) is 0.624. The Morgan fingerprint density at radius 3 is 3.00 bits per heavy atom. The fourth-order valence-electron chi connectivity index (χ4n) is 2.16. The van der Waals surface area contributed by atoms with Crippen molar-refractivity contribution in [3.8, 4) is 0 Å². The second-order valence-electron chi connectivity index (χ2n) is 4.52. The van der Waals surface area contributed by atoms with Crippen molar-refractivity contribution >= 4 is 5.91 Å². The second kappa shape index (κ2) is 7.63. The van der Waals surface area contributed by atoms with Gasteiger partial charge in [0, 0.05) is 32.6 Å². The van der Waals surface area contributed by atoms with Crippen molar-refractivity contribution in [2.75, 3.05) is 33.2 Å². The molecule has 4 nitrogen and oxygen atoms in total. The summed E-state index contributed by atoms with van der Waals surface area (Å²) in [7, 11) is 1.70. The highest BCUT2D eigenvalue weighted by atomic mass is 16.1. The molecule has 1 rings (SSSR count). The van der Waals surface area contributed by atoms with E-state index in [-0.39, 0.29) is 5.91 Å². The molecule has 1 aliphatic rings. The zero-order chi connectivity index (χ0) is 11.8. The largest absolute Gasteiger partial charge is 0.359 e. The third-order valence-electron chi connectivity index (χ3n) is 3.12. The normalized spacial score (nSPS) is 22.0. The second-order valence-corrected chi connectivity index (χ2v) is 4.52. The van der Waals surface area contributed by atoms with Gasteiger partial charge in [-0.1, -0.05) is 6.92 Å². The van der Waals surface area contributed by atoms with E-state index in [4.69, 9.17) is 0 Å². The molecular weight excluding hydrogens is 202 g/mol. The van der Waals surface area contributed by atoms with E-state index in [0.717, 1.165) is 26.2 Å². The van der Waals surface area contributed by atoms with Crippen molar-refractivity contribution in [2.45, 2.75) is 38.6 Å². The number of hydrogen-bond donors (Lipinski definition) is 2. The number of hydrogen-bond acceptors (Lipinski definition) is 3. The number of carbonyl (C=O) groups is 1. The van der Waals surface area contributed by atoms with Gasteiger partial charge in [0.05, 0.1) is 0 Å². The standard InChI is InChI=1S/C12H25N3O/c1-3-7-14-11-5-4-8-15(10-11)9-6-12(16)13-2/h11,14H,3-10H2,1-2H3,(H,13,16). The highest BCUT2D eigenvalue weighted by molar-refractivity contribution is 5.75. The summed E-state index contributed by atoms with van der Waals surface area (Å²) in [6.45, 7) is 6.43. The maximum absolute atomic E-state index is 11.2. The van der Waals surface area contributed by atoms with Crippen LogP contribution >= 0.6 is 0 Å². The minimum absolute atomic E-state index is 0.142. The number of nitrogens with one attached hydrogen (secondary N) is 2. The molecule has 1 fully saturated rings. The maximum atomic E-state index is 11.2. The molecule has 0 saturated carbocycles. The summed E-state index contributed by atoms with van der Waals surface area (Å²) in [6.07, 6.45) is 4.33. The third-order valence-corrected chi connectivity index (χ3v) is 3.12. The van der Waals surface area contributed by atoms with Crippen molar-refractivity contribution in [2.24, 2.45) is 0 Å². The van der Waals surface area contributed by atoms with Crippen molar-refractivity contribution in [1.82, 2.24) is 15.5 Å². The van der Waals surface area contributed by atoms with Crippen LogP contribution in [0.4, 0.5) is 0 Å². The molecule has 0 aliphatic carbocycles. The van der Waals surface area contributed by atoms with Crippen LogP contribution in [0.5, 0.6) is 0 Å². The van der Waals surface area contributed by atoms with E-state index in [9.17, 15) is 4.79 Å². The van der Waals surface area contributed by atoms with Gasteiger partial charge in [-0.3, -0.25) is 4.79 Å². The Bertz CT molecular complexity index is 208. The van der Waals surface area contributed by atoms with Crippen molar-refractivity contribution in [3.05, 3.63) is 0 Å². The highest BCUT2D eigenvalue weighted by Gasteiger charge is 2.19. The average molecular weight is 227 g/mol. The van der Waals surface area contributed by atoms with Crippen LogP contribution in [0, 0.1) is 0 Å². The summed E-state index contributed by atoms with van der Waals surface area (Å²) in [5, 5.41) is 6.23. The number of likely N-dealkylation sites (tertiary alicyclic amines) is 1. The van der Waals surface area contributed by atoms with Crippen molar-refractivity contribution in [3.63, 3.8) is 0 Å². The first-order valence-corrected chi connectivity index (χ1v) is 6.42. The Morgan fingerprint density at radius 2 is 2.31 bits per heavy atom. The van der Waals surface area contributed by atoms with Gasteiger partial charge in [0.1, 0.15) is 0 Å². The molecule has 1 amide bonds. The first-order valence-electron chi connectivity index (χ1n) is 6.42. The number of carbonyl (C=O) groups excluding carboxylic acids is 1. The number of nitrogens with zero attached hydrogens (tertiary/aromatic N) is 1. The van der Waals surface area contributed by atoms with Gasteiger partial charge in [-0.05, 0) is 32.4 Å². The van der Waals surface area contributed by atoms with Gasteiger partial charge in [-0.25, -0.2) is 0 Å². The molecule has 0 aromatic rings. The molecule has 2 N–H and O–H groups in total. The third kappa shape index (κ3) is 4.94. The molecule has 1 aliphatic heterocycles. The van der Waals surface area contributed by atoms with E-state index in [1.807, 2.05) is 0 Å². The van der Waals surface area contributed by atoms with Crippen LogP contribution in [0.1, 0.15) is 32.6 Å². The molecule has 0 aromatic carbocycles. The van der Waals surface area contributed by atoms with Crippen molar-refractivity contribution < 1.29 is 4.79 Å². The predicted octanol–water partition coefficient (Wildman–Crippen LogP) is 0.587. The molecule has 0 spiro atoms. The monoisotopic (exact) mass is 227 g/mol. The van der Waals surface area contributed by atoms with Crippen molar-refractivity contribution in [1.29, 1.82) is 0 Å². The van der Waals surface area contributed by atoms with E-state index in [0.29, 0.717) is 12.5 Å². The molecule has 0 radical (unpaired) electrons. The molecule has 16 heavy (non-hydrogen) atoms. The van der Waals surface area contributed by atoms with Gasteiger partial charge in [-0.2, -0.15) is 0 Å². The molecule has 1 saturated heterocycles. The van der Waals surface area contributed by atoms with E-state index < -0.39 is 0 Å². The summed E-state index contributed by atoms with van der Waals surface area (Å²) in [5.74, 6) is 0.142. The minimum Gasteiger partial charge on any atom is -0.359 e. The van der Waals surface area contributed by atoms with E-state index in [1.165, 1.54) is 19.3 Å². The summed E-state index contributed by atoms with van der Waals surface area (Å²) in [4.78, 5) is 13.5. The van der Waals surface area contributed by atoms with E-state index in [1.54, 1.807) is 7.05 Å². The van der Waals surface area contributed by atoms with Crippen LogP contribution in [-0.4, -0.2) is 50.1 Å². The van der Waals surface area contributed by atoms with Crippen LogP contribution < -0.4 is 10.6 Å². The highest BCUT2D eigenvalue weighted by Crippen LogP contribution is 2.10. The SMILES string of the molecule is CCCNC1CCCN(CCC(=O)NC)C1. The molecule has 1 atom stereocenters. The van der Waals surface area contributed by atoms with Crippen LogP contribution in [0.15, 0.2) is 0 Å². The smallest absolute Gasteiger partial charge is 0.221 e. The number of piperidine rings is 1. The Labute approximate surface area is 98.8 Å². The first kappa shape index (κ1) is 13.5. The van der Waals surface area contributed by atoms with Crippen LogP contribution in [0.25, 0.3) is 0 Å². The molecule has 4 heteroatoms. The Morgan fingerprint density at radius 1 is 1.50 bits per heavy atom. The van der Waals surface area contributed by atoms with Gasteiger partial charge >= 0.3 is 0 Å². The summed E-state index contributed by atoms with van der Waals surface area (Å²) in [5.41, 5.74) is 0. The molecule has 94 valence electrons. The zero-order valence-corrected chi connectivity index (χ0v) is 10.6. The quantitative estimate of drug-likeness (QED) is 0.698. The van der Waals surface area contributed by atoms with E-state index in [2.05, 4.69) is 22.5 Å². The molecule has 1 heterocycles. The lowest BCUT2D eigenvalue weighted by Crippen LogP contribution is -2.46. The zero-order valence-electron chi connectivity index (χ0n) is 10.6. The Kier molecular flexibility index (Phi) is 6.42. The molecular formula is C12H25N3O. The van der Waals surface area contributed by atoms with Crippen LogP contribution in [0.3, 0.4) is 0 Å². The topological polar surface area (TPSA) is 44.4 Å². The summed E-state index contributed by atoms with van der Waals surface area (Å²) < 4.78 is 0. The first-order chi connectivity index (χ1) is 7.76. The minimum atomic E-state index is 0.142. The molecule has 1 unspecified atom stereocenters. The number of rotatable bonds is 6. The van der Waals surface area contributed by atoms with Gasteiger partial charge < -0.3 is 15.5 Å². The van der Waals surface area contributed by atoms with Crippen LogP contribution in [0.2, 0.25) is 0 Å². The fraction of sp³-hybridized carbons (Fsp3) is 0.917. The van der Waals surface area contributed by atoms with Gasteiger partial charge in [-0.15, -0.1) is 0 Å².